The van der Waals surface area contributed by atoms with Crippen LogP contribution in [0.25, 0.3) is 0 Å². The molecule has 0 saturated heterocycles. The van der Waals surface area contributed by atoms with Gasteiger partial charge in [0.25, 0.3) is 0 Å². The number of benzene rings is 1. The average molecular weight is 232 g/mol. The summed E-state index contributed by atoms with van der Waals surface area (Å²) in [6.45, 7) is 6.07. The minimum atomic E-state index is -0.0739. The second-order valence-corrected chi connectivity index (χ2v) is 3.88. The van der Waals surface area contributed by atoms with Gasteiger partial charge in [0, 0.05) is 13.2 Å². The van der Waals surface area contributed by atoms with E-state index in [0.29, 0.717) is 6.61 Å². The molecule has 0 spiro atoms. The second-order valence-electron chi connectivity index (χ2n) is 3.88. The first-order chi connectivity index (χ1) is 8.31. The monoisotopic (exact) mass is 232 g/mol. The topological polar surface area (TPSA) is 45.0 Å². The van der Waals surface area contributed by atoms with Crippen LogP contribution in [0.4, 0.5) is 0 Å². The van der Waals surface area contributed by atoms with Crippen LogP contribution in [0, 0.1) is 11.3 Å². The number of nitriles is 1. The van der Waals surface area contributed by atoms with Crippen LogP contribution in [0.3, 0.4) is 0 Å². The highest BCUT2D eigenvalue weighted by atomic mass is 16.5. The smallest absolute Gasteiger partial charge is 0.0952 e. The largest absolute Gasteiger partial charge is 0.377 e. The molecule has 0 saturated carbocycles. The molecule has 0 aliphatic heterocycles. The molecule has 92 valence electrons. The summed E-state index contributed by atoms with van der Waals surface area (Å²) in [5, 5.41) is 12.1. The zero-order chi connectivity index (χ0) is 12.5. The molecule has 1 aromatic rings. The number of hydrogen-bond acceptors (Lipinski definition) is 3. The van der Waals surface area contributed by atoms with Crippen molar-refractivity contribution in [1.29, 1.82) is 5.26 Å². The molecule has 1 atom stereocenters. The Hall–Kier alpha value is -1.37. The third-order valence-corrected chi connectivity index (χ3v) is 2.68. The summed E-state index contributed by atoms with van der Waals surface area (Å²) in [5.74, 6) is 0. The van der Waals surface area contributed by atoms with Crippen molar-refractivity contribution in [3.05, 3.63) is 35.4 Å². The van der Waals surface area contributed by atoms with Gasteiger partial charge in [-0.25, -0.2) is 0 Å². The summed E-state index contributed by atoms with van der Waals surface area (Å²) in [4.78, 5) is 0. The van der Waals surface area contributed by atoms with Crippen molar-refractivity contribution in [2.45, 2.75) is 39.5 Å². The quantitative estimate of drug-likeness (QED) is 0.786. The number of hydrogen-bond donors (Lipinski definition) is 1. The van der Waals surface area contributed by atoms with Gasteiger partial charge in [-0.15, -0.1) is 0 Å². The zero-order valence-electron chi connectivity index (χ0n) is 10.6. The van der Waals surface area contributed by atoms with Crippen LogP contribution in [0.5, 0.6) is 0 Å². The summed E-state index contributed by atoms with van der Waals surface area (Å²) in [6.07, 6.45) is 0.824. The molecule has 0 heterocycles. The Morgan fingerprint density at radius 3 is 2.59 bits per heavy atom. The lowest BCUT2D eigenvalue weighted by Crippen LogP contribution is -2.26. The van der Waals surface area contributed by atoms with E-state index in [1.165, 1.54) is 11.1 Å². The van der Waals surface area contributed by atoms with Gasteiger partial charge in [-0.3, -0.25) is 5.32 Å². The van der Waals surface area contributed by atoms with Gasteiger partial charge >= 0.3 is 0 Å². The van der Waals surface area contributed by atoms with Gasteiger partial charge in [-0.1, -0.05) is 31.2 Å². The van der Waals surface area contributed by atoms with E-state index in [2.05, 4.69) is 23.5 Å². The predicted molar refractivity (Wildman–Crippen MR) is 68.3 cm³/mol. The van der Waals surface area contributed by atoms with Gasteiger partial charge in [0.15, 0.2) is 0 Å². The molecule has 0 aliphatic rings. The molecule has 17 heavy (non-hydrogen) atoms. The van der Waals surface area contributed by atoms with Crippen molar-refractivity contribution >= 4 is 0 Å². The van der Waals surface area contributed by atoms with Crippen LogP contribution in [0.15, 0.2) is 24.3 Å². The standard InChI is InChI=1S/C14H20N2O/c1-3-14(9-15)16-10-12-7-5-6-8-13(12)11-17-4-2/h5-8,14,16H,3-4,10-11H2,1-2H3. The first kappa shape index (κ1) is 13.7. The lowest BCUT2D eigenvalue weighted by atomic mass is 10.1. The molecule has 1 aromatic carbocycles. The fraction of sp³-hybridized carbons (Fsp3) is 0.500. The van der Waals surface area contributed by atoms with Gasteiger partial charge in [-0.2, -0.15) is 5.26 Å². The third kappa shape index (κ3) is 4.56. The van der Waals surface area contributed by atoms with Crippen LogP contribution in [0.2, 0.25) is 0 Å². The van der Waals surface area contributed by atoms with Gasteiger partial charge < -0.3 is 4.74 Å². The first-order valence-electron chi connectivity index (χ1n) is 6.09. The van der Waals surface area contributed by atoms with E-state index < -0.39 is 0 Å². The maximum absolute atomic E-state index is 8.88. The normalized spacial score (nSPS) is 12.1. The average Bonchev–Trinajstić information content (AvgIpc) is 2.38. The van der Waals surface area contributed by atoms with E-state index in [4.69, 9.17) is 10.00 Å². The molecule has 0 bridgehead atoms. The van der Waals surface area contributed by atoms with Gasteiger partial charge in [0.05, 0.1) is 18.7 Å². The van der Waals surface area contributed by atoms with E-state index >= 15 is 0 Å². The summed E-state index contributed by atoms with van der Waals surface area (Å²) in [5.41, 5.74) is 2.39. The van der Waals surface area contributed by atoms with Crippen molar-refractivity contribution < 1.29 is 4.74 Å². The van der Waals surface area contributed by atoms with Crippen LogP contribution in [0.1, 0.15) is 31.4 Å². The fourth-order valence-corrected chi connectivity index (χ4v) is 1.60. The van der Waals surface area contributed by atoms with Crippen molar-refractivity contribution in [3.8, 4) is 6.07 Å². The van der Waals surface area contributed by atoms with Crippen LogP contribution in [-0.4, -0.2) is 12.6 Å². The van der Waals surface area contributed by atoms with Crippen molar-refractivity contribution in [2.75, 3.05) is 6.61 Å². The predicted octanol–water partition coefficient (Wildman–Crippen LogP) is 2.61. The van der Waals surface area contributed by atoms with Gasteiger partial charge in [0.2, 0.25) is 0 Å². The Morgan fingerprint density at radius 1 is 1.29 bits per heavy atom. The molecule has 0 amide bonds. The highest BCUT2D eigenvalue weighted by Gasteiger charge is 2.05. The first-order valence-corrected chi connectivity index (χ1v) is 6.09. The number of rotatable bonds is 7. The van der Waals surface area contributed by atoms with Crippen molar-refractivity contribution in [3.63, 3.8) is 0 Å². The van der Waals surface area contributed by atoms with E-state index in [1.807, 2.05) is 26.0 Å². The Morgan fingerprint density at radius 2 is 2.00 bits per heavy atom. The lowest BCUT2D eigenvalue weighted by Gasteiger charge is -2.12. The highest BCUT2D eigenvalue weighted by Crippen LogP contribution is 2.10. The lowest BCUT2D eigenvalue weighted by molar-refractivity contribution is 0.133. The van der Waals surface area contributed by atoms with E-state index in [-0.39, 0.29) is 6.04 Å². The molecule has 0 radical (unpaired) electrons. The van der Waals surface area contributed by atoms with Crippen LogP contribution in [-0.2, 0) is 17.9 Å². The van der Waals surface area contributed by atoms with Crippen molar-refractivity contribution in [2.24, 2.45) is 0 Å². The minimum Gasteiger partial charge on any atom is -0.377 e. The molecule has 1 unspecified atom stereocenters. The molecule has 3 nitrogen and oxygen atoms in total. The summed E-state index contributed by atoms with van der Waals surface area (Å²) in [7, 11) is 0. The molecule has 0 fully saturated rings. The van der Waals surface area contributed by atoms with E-state index in [9.17, 15) is 0 Å². The summed E-state index contributed by atoms with van der Waals surface area (Å²) >= 11 is 0. The molecular formula is C14H20N2O. The Balaban J connectivity index is 2.60. The third-order valence-electron chi connectivity index (χ3n) is 2.68. The van der Waals surface area contributed by atoms with E-state index in [0.717, 1.165) is 19.6 Å². The van der Waals surface area contributed by atoms with E-state index in [1.54, 1.807) is 0 Å². The highest BCUT2D eigenvalue weighted by molar-refractivity contribution is 5.26. The van der Waals surface area contributed by atoms with Crippen LogP contribution >= 0.6 is 0 Å². The molecule has 0 aliphatic carbocycles. The molecule has 1 rings (SSSR count). The number of ether oxygens (including phenoxy) is 1. The molecule has 3 heteroatoms. The molecule has 0 aromatic heterocycles. The van der Waals surface area contributed by atoms with Gasteiger partial charge in [0.1, 0.15) is 0 Å². The number of nitrogens with one attached hydrogen (secondary N) is 1. The maximum atomic E-state index is 8.88. The fourth-order valence-electron chi connectivity index (χ4n) is 1.60. The van der Waals surface area contributed by atoms with Crippen LogP contribution < -0.4 is 5.32 Å². The van der Waals surface area contributed by atoms with Gasteiger partial charge in [-0.05, 0) is 24.5 Å². The zero-order valence-corrected chi connectivity index (χ0v) is 10.6. The SMILES string of the molecule is CCOCc1ccccc1CNC(C#N)CC. The molecule has 1 N–H and O–H groups in total. The second kappa shape index (κ2) is 7.83. The summed E-state index contributed by atoms with van der Waals surface area (Å²) in [6, 6.07) is 10.3. The Kier molecular flexibility index (Phi) is 6.31. The maximum Gasteiger partial charge on any atom is 0.0952 e. The molecular weight excluding hydrogens is 212 g/mol. The minimum absolute atomic E-state index is 0.0739. The number of nitrogens with zero attached hydrogens (tertiary/aromatic N) is 1. The summed E-state index contributed by atoms with van der Waals surface area (Å²) < 4.78 is 5.43. The Bertz CT molecular complexity index is 371. The van der Waals surface area contributed by atoms with Crippen molar-refractivity contribution in [1.82, 2.24) is 5.32 Å². The Labute approximate surface area is 103 Å².